The van der Waals surface area contributed by atoms with E-state index in [4.69, 9.17) is 5.73 Å². The molecule has 0 aliphatic carbocycles. The lowest BCUT2D eigenvalue weighted by atomic mass is 10.0. The summed E-state index contributed by atoms with van der Waals surface area (Å²) >= 11 is 0. The Morgan fingerprint density at radius 2 is 1.86 bits per heavy atom. The monoisotopic (exact) mass is 213 g/mol. The SMILES string of the molecule is CC(C)(CCCN)OC(=O)C(F)(F)F. The number of carbonyl (C=O) groups excluding carboxylic acids is 1. The highest BCUT2D eigenvalue weighted by Crippen LogP contribution is 2.23. The average molecular weight is 213 g/mol. The van der Waals surface area contributed by atoms with Crippen molar-refractivity contribution in [2.24, 2.45) is 5.73 Å². The van der Waals surface area contributed by atoms with Gasteiger partial charge in [-0.3, -0.25) is 0 Å². The Bertz CT molecular complexity index is 201. The Morgan fingerprint density at radius 1 is 1.36 bits per heavy atom. The van der Waals surface area contributed by atoms with Gasteiger partial charge in [0.1, 0.15) is 5.60 Å². The second-order valence-electron chi connectivity index (χ2n) is 3.54. The molecule has 0 aliphatic heterocycles. The van der Waals surface area contributed by atoms with Gasteiger partial charge in [-0.2, -0.15) is 13.2 Å². The van der Waals surface area contributed by atoms with Crippen LogP contribution in [-0.2, 0) is 9.53 Å². The molecule has 84 valence electrons. The van der Waals surface area contributed by atoms with Crippen LogP contribution in [0.3, 0.4) is 0 Å². The van der Waals surface area contributed by atoms with Crippen molar-refractivity contribution in [2.45, 2.75) is 38.5 Å². The van der Waals surface area contributed by atoms with Gasteiger partial charge in [0.15, 0.2) is 0 Å². The molecule has 0 saturated heterocycles. The van der Waals surface area contributed by atoms with Gasteiger partial charge in [0, 0.05) is 0 Å². The summed E-state index contributed by atoms with van der Waals surface area (Å²) in [4.78, 5) is 10.5. The van der Waals surface area contributed by atoms with Gasteiger partial charge in [-0.05, 0) is 33.2 Å². The molecular weight excluding hydrogens is 199 g/mol. The van der Waals surface area contributed by atoms with E-state index < -0.39 is 17.7 Å². The summed E-state index contributed by atoms with van der Waals surface area (Å²) in [6.45, 7) is 3.20. The quantitative estimate of drug-likeness (QED) is 0.722. The summed E-state index contributed by atoms with van der Waals surface area (Å²) in [6.07, 6.45) is -4.11. The van der Waals surface area contributed by atoms with E-state index in [-0.39, 0.29) is 0 Å². The van der Waals surface area contributed by atoms with Crippen LogP contribution in [0.2, 0.25) is 0 Å². The van der Waals surface area contributed by atoms with Crippen LogP contribution in [0, 0.1) is 0 Å². The third-order valence-corrected chi connectivity index (χ3v) is 1.58. The van der Waals surface area contributed by atoms with Crippen LogP contribution in [0.4, 0.5) is 13.2 Å². The van der Waals surface area contributed by atoms with E-state index in [9.17, 15) is 18.0 Å². The van der Waals surface area contributed by atoms with Crippen molar-refractivity contribution in [1.82, 2.24) is 0 Å². The molecule has 0 heterocycles. The molecule has 0 saturated carbocycles. The van der Waals surface area contributed by atoms with E-state index >= 15 is 0 Å². The van der Waals surface area contributed by atoms with Crippen molar-refractivity contribution < 1.29 is 22.7 Å². The molecule has 0 aromatic rings. The maximum absolute atomic E-state index is 11.8. The van der Waals surface area contributed by atoms with Crippen molar-refractivity contribution in [1.29, 1.82) is 0 Å². The van der Waals surface area contributed by atoms with Crippen molar-refractivity contribution in [3.8, 4) is 0 Å². The molecule has 0 aromatic heterocycles. The number of ether oxygens (including phenoxy) is 1. The average Bonchev–Trinajstić information content (AvgIpc) is 1.98. The van der Waals surface area contributed by atoms with Crippen molar-refractivity contribution in [2.75, 3.05) is 6.54 Å². The highest BCUT2D eigenvalue weighted by atomic mass is 19.4. The number of halogens is 3. The number of carbonyl (C=O) groups is 1. The predicted octanol–water partition coefficient (Wildman–Crippen LogP) is 1.61. The molecule has 0 rings (SSSR count). The summed E-state index contributed by atoms with van der Waals surface area (Å²) in [5.74, 6) is -2.15. The topological polar surface area (TPSA) is 52.3 Å². The normalized spacial score (nSPS) is 12.7. The van der Waals surface area contributed by atoms with Gasteiger partial charge >= 0.3 is 12.1 Å². The number of nitrogens with two attached hydrogens (primary N) is 1. The minimum atomic E-state index is -4.93. The minimum absolute atomic E-state index is 0.311. The Morgan fingerprint density at radius 3 is 2.21 bits per heavy atom. The van der Waals surface area contributed by atoms with Crippen LogP contribution in [-0.4, -0.2) is 24.3 Å². The molecule has 3 nitrogen and oxygen atoms in total. The molecule has 0 unspecified atom stereocenters. The molecule has 0 bridgehead atoms. The molecule has 0 fully saturated rings. The first-order chi connectivity index (χ1) is 6.19. The number of rotatable bonds is 4. The van der Waals surface area contributed by atoms with Gasteiger partial charge in [0.2, 0.25) is 0 Å². The zero-order chi connectivity index (χ0) is 11.4. The van der Waals surface area contributed by atoms with E-state index in [1.165, 1.54) is 13.8 Å². The highest BCUT2D eigenvalue weighted by molar-refractivity contribution is 5.76. The molecule has 0 aliphatic rings. The summed E-state index contributed by atoms with van der Waals surface area (Å²) in [5.41, 5.74) is 4.07. The molecule has 6 heteroatoms. The second-order valence-corrected chi connectivity index (χ2v) is 3.54. The van der Waals surface area contributed by atoms with Crippen LogP contribution in [0.15, 0.2) is 0 Å². The van der Waals surface area contributed by atoms with E-state index in [0.29, 0.717) is 19.4 Å². The van der Waals surface area contributed by atoms with Gasteiger partial charge in [0.25, 0.3) is 0 Å². The number of alkyl halides is 3. The Balaban J connectivity index is 4.15. The lowest BCUT2D eigenvalue weighted by Gasteiger charge is -2.25. The summed E-state index contributed by atoms with van der Waals surface area (Å²) in [5, 5.41) is 0. The van der Waals surface area contributed by atoms with Crippen molar-refractivity contribution in [3.05, 3.63) is 0 Å². The van der Waals surface area contributed by atoms with Gasteiger partial charge < -0.3 is 10.5 Å². The maximum atomic E-state index is 11.8. The van der Waals surface area contributed by atoms with E-state index in [0.717, 1.165) is 0 Å². The molecule has 14 heavy (non-hydrogen) atoms. The van der Waals surface area contributed by atoms with Crippen LogP contribution >= 0.6 is 0 Å². The van der Waals surface area contributed by atoms with Crippen LogP contribution in [0.1, 0.15) is 26.7 Å². The van der Waals surface area contributed by atoms with Crippen molar-refractivity contribution >= 4 is 5.97 Å². The summed E-state index contributed by atoms with van der Waals surface area (Å²) < 4.78 is 39.7. The zero-order valence-electron chi connectivity index (χ0n) is 8.15. The highest BCUT2D eigenvalue weighted by Gasteiger charge is 2.43. The third-order valence-electron chi connectivity index (χ3n) is 1.58. The lowest BCUT2D eigenvalue weighted by Crippen LogP contribution is -2.35. The molecule has 2 N–H and O–H groups in total. The molecular formula is C8H14F3NO2. The summed E-state index contributed by atoms with van der Waals surface area (Å²) in [6, 6.07) is 0. The smallest absolute Gasteiger partial charge is 0.453 e. The zero-order valence-corrected chi connectivity index (χ0v) is 8.15. The Kier molecular flexibility index (Phi) is 4.38. The third kappa shape index (κ3) is 5.06. The van der Waals surface area contributed by atoms with Gasteiger partial charge in [-0.1, -0.05) is 0 Å². The van der Waals surface area contributed by atoms with Gasteiger partial charge in [0.05, 0.1) is 0 Å². The number of hydrogen-bond acceptors (Lipinski definition) is 3. The largest absolute Gasteiger partial charge is 0.490 e. The van der Waals surface area contributed by atoms with Crippen LogP contribution < -0.4 is 5.73 Å². The number of hydrogen-bond donors (Lipinski definition) is 1. The maximum Gasteiger partial charge on any atom is 0.490 e. The first-order valence-corrected chi connectivity index (χ1v) is 4.19. The Labute approximate surface area is 80.4 Å². The van der Waals surface area contributed by atoms with Gasteiger partial charge in [-0.25, -0.2) is 4.79 Å². The standard InChI is InChI=1S/C8H14F3NO2/c1-7(2,4-3-5-12)14-6(13)8(9,10)11/h3-5,12H2,1-2H3. The fraction of sp³-hybridized carbons (Fsp3) is 0.875. The minimum Gasteiger partial charge on any atom is -0.453 e. The van der Waals surface area contributed by atoms with E-state index in [1.54, 1.807) is 0 Å². The molecule has 0 radical (unpaired) electrons. The first-order valence-electron chi connectivity index (χ1n) is 4.19. The first kappa shape index (κ1) is 13.2. The predicted molar refractivity (Wildman–Crippen MR) is 44.5 cm³/mol. The fourth-order valence-electron chi connectivity index (χ4n) is 0.888. The summed E-state index contributed by atoms with van der Waals surface area (Å²) in [7, 11) is 0. The fourth-order valence-corrected chi connectivity index (χ4v) is 0.888. The Hall–Kier alpha value is -0.780. The molecule has 0 amide bonds. The molecule has 0 aromatic carbocycles. The van der Waals surface area contributed by atoms with Crippen LogP contribution in [0.5, 0.6) is 0 Å². The molecule has 0 atom stereocenters. The van der Waals surface area contributed by atoms with Crippen molar-refractivity contribution in [3.63, 3.8) is 0 Å². The number of esters is 1. The second kappa shape index (κ2) is 4.63. The van der Waals surface area contributed by atoms with Gasteiger partial charge in [-0.15, -0.1) is 0 Å². The van der Waals surface area contributed by atoms with E-state index in [2.05, 4.69) is 4.74 Å². The lowest BCUT2D eigenvalue weighted by molar-refractivity contribution is -0.212. The van der Waals surface area contributed by atoms with E-state index in [1.807, 2.05) is 0 Å². The van der Waals surface area contributed by atoms with Crippen LogP contribution in [0.25, 0.3) is 0 Å². The molecule has 0 spiro atoms.